The van der Waals surface area contributed by atoms with E-state index >= 15 is 0 Å². The zero-order valence-electron chi connectivity index (χ0n) is 9.10. The molecule has 0 fully saturated rings. The molecular weight excluding hydrogens is 212 g/mol. The lowest BCUT2D eigenvalue weighted by atomic mass is 9.95. The van der Waals surface area contributed by atoms with Crippen LogP contribution in [0.25, 0.3) is 0 Å². The number of amides is 1. The van der Waals surface area contributed by atoms with Crippen LogP contribution in [0, 0.1) is 5.41 Å². The summed E-state index contributed by atoms with van der Waals surface area (Å²) in [6.45, 7) is 5.49. The van der Waals surface area contributed by atoms with Crippen LogP contribution >= 0.6 is 11.6 Å². The van der Waals surface area contributed by atoms with Crippen molar-refractivity contribution in [2.24, 2.45) is 5.41 Å². The van der Waals surface area contributed by atoms with Crippen molar-refractivity contribution in [3.8, 4) is 0 Å². The lowest BCUT2D eigenvalue weighted by Crippen LogP contribution is -2.28. The maximum absolute atomic E-state index is 11.7. The predicted octanol–water partition coefficient (Wildman–Crippen LogP) is 2.91. The maximum Gasteiger partial charge on any atom is 0.229 e. The Kier molecular flexibility index (Phi) is 3.25. The number of halogens is 1. The Morgan fingerprint density at radius 3 is 2.47 bits per heavy atom. The van der Waals surface area contributed by atoms with Crippen LogP contribution in [-0.4, -0.2) is 5.91 Å². The lowest BCUT2D eigenvalue weighted by Gasteiger charge is -2.19. The summed E-state index contributed by atoms with van der Waals surface area (Å²) in [5.74, 6) is -0.109. The van der Waals surface area contributed by atoms with E-state index < -0.39 is 5.41 Å². The first-order valence-electron chi connectivity index (χ1n) is 4.68. The number of anilines is 2. The summed E-state index contributed by atoms with van der Waals surface area (Å²) < 4.78 is 0. The van der Waals surface area contributed by atoms with E-state index in [-0.39, 0.29) is 5.91 Å². The summed E-state index contributed by atoms with van der Waals surface area (Å²) in [5, 5.41) is 3.17. The standard InChI is InChI=1S/C11H15ClN2O/c1-11(2,3)10(15)14-9-7(12)5-4-6-8(9)13/h4-6H,13H2,1-3H3,(H,14,15). The van der Waals surface area contributed by atoms with Gasteiger partial charge in [-0.3, -0.25) is 4.79 Å². The topological polar surface area (TPSA) is 55.1 Å². The number of nitrogen functional groups attached to an aromatic ring is 1. The summed E-state index contributed by atoms with van der Waals surface area (Å²) in [7, 11) is 0. The van der Waals surface area contributed by atoms with Gasteiger partial charge in [0.25, 0.3) is 0 Å². The molecule has 1 aromatic carbocycles. The third-order valence-electron chi connectivity index (χ3n) is 1.97. The Hall–Kier alpha value is -1.22. The van der Waals surface area contributed by atoms with E-state index in [0.29, 0.717) is 16.4 Å². The predicted molar refractivity (Wildman–Crippen MR) is 63.9 cm³/mol. The van der Waals surface area contributed by atoms with Crippen LogP contribution in [0.4, 0.5) is 11.4 Å². The minimum atomic E-state index is -0.467. The quantitative estimate of drug-likeness (QED) is 0.724. The van der Waals surface area contributed by atoms with Gasteiger partial charge >= 0.3 is 0 Å². The highest BCUT2D eigenvalue weighted by Gasteiger charge is 2.22. The SMILES string of the molecule is CC(C)(C)C(=O)Nc1c(N)cccc1Cl. The smallest absolute Gasteiger partial charge is 0.229 e. The minimum Gasteiger partial charge on any atom is -0.397 e. The fourth-order valence-electron chi connectivity index (χ4n) is 0.974. The maximum atomic E-state index is 11.7. The molecule has 1 rings (SSSR count). The van der Waals surface area contributed by atoms with Gasteiger partial charge in [-0.05, 0) is 12.1 Å². The van der Waals surface area contributed by atoms with Crippen LogP contribution in [0.3, 0.4) is 0 Å². The van der Waals surface area contributed by atoms with Gasteiger partial charge in [0, 0.05) is 5.41 Å². The molecule has 1 amide bonds. The third kappa shape index (κ3) is 2.86. The van der Waals surface area contributed by atoms with Gasteiger partial charge in [-0.25, -0.2) is 0 Å². The van der Waals surface area contributed by atoms with Crippen LogP contribution in [0.15, 0.2) is 18.2 Å². The van der Waals surface area contributed by atoms with Gasteiger partial charge < -0.3 is 11.1 Å². The van der Waals surface area contributed by atoms with Gasteiger partial charge in [0.05, 0.1) is 16.4 Å². The molecule has 0 unspecified atom stereocenters. The number of carbonyl (C=O) groups is 1. The average molecular weight is 227 g/mol. The zero-order chi connectivity index (χ0) is 11.6. The van der Waals surface area contributed by atoms with Crippen molar-refractivity contribution in [3.05, 3.63) is 23.2 Å². The van der Waals surface area contributed by atoms with Gasteiger partial charge in [-0.15, -0.1) is 0 Å². The van der Waals surface area contributed by atoms with Crippen molar-refractivity contribution >= 4 is 28.9 Å². The van der Waals surface area contributed by atoms with Crippen molar-refractivity contribution < 1.29 is 4.79 Å². The van der Waals surface area contributed by atoms with Crippen molar-refractivity contribution in [1.29, 1.82) is 0 Å². The van der Waals surface area contributed by atoms with Gasteiger partial charge in [0.1, 0.15) is 0 Å². The van der Waals surface area contributed by atoms with Gasteiger partial charge in [-0.1, -0.05) is 38.4 Å². The largest absolute Gasteiger partial charge is 0.397 e. The number of nitrogens with one attached hydrogen (secondary N) is 1. The van der Waals surface area contributed by atoms with Crippen molar-refractivity contribution in [3.63, 3.8) is 0 Å². The molecule has 82 valence electrons. The molecule has 0 saturated carbocycles. The average Bonchev–Trinajstić information content (AvgIpc) is 2.09. The Morgan fingerprint density at radius 1 is 1.40 bits per heavy atom. The molecule has 0 aliphatic rings. The molecule has 3 nitrogen and oxygen atoms in total. The Morgan fingerprint density at radius 2 is 2.00 bits per heavy atom. The van der Waals surface area contributed by atoms with Crippen LogP contribution in [0.5, 0.6) is 0 Å². The monoisotopic (exact) mass is 226 g/mol. The number of benzene rings is 1. The number of nitrogens with two attached hydrogens (primary N) is 1. The number of carbonyl (C=O) groups excluding carboxylic acids is 1. The summed E-state index contributed by atoms with van der Waals surface area (Å²) in [5.41, 5.74) is 6.20. The molecule has 0 bridgehead atoms. The number of hydrogen-bond donors (Lipinski definition) is 2. The van der Waals surface area contributed by atoms with Gasteiger partial charge in [0.15, 0.2) is 0 Å². The van der Waals surface area contributed by atoms with Crippen molar-refractivity contribution in [2.75, 3.05) is 11.1 Å². The van der Waals surface area contributed by atoms with Crippen LogP contribution in [-0.2, 0) is 4.79 Å². The molecule has 0 aliphatic heterocycles. The van der Waals surface area contributed by atoms with Gasteiger partial charge in [-0.2, -0.15) is 0 Å². The molecule has 0 saturated heterocycles. The second-order valence-corrected chi connectivity index (χ2v) is 4.82. The number of para-hydroxylation sites is 1. The molecule has 0 heterocycles. The third-order valence-corrected chi connectivity index (χ3v) is 2.28. The lowest BCUT2D eigenvalue weighted by molar-refractivity contribution is -0.123. The molecule has 0 aromatic heterocycles. The molecule has 3 N–H and O–H groups in total. The molecule has 0 spiro atoms. The van der Waals surface area contributed by atoms with E-state index in [9.17, 15) is 4.79 Å². The fourth-order valence-corrected chi connectivity index (χ4v) is 1.20. The summed E-state index contributed by atoms with van der Waals surface area (Å²) in [6.07, 6.45) is 0. The number of rotatable bonds is 1. The minimum absolute atomic E-state index is 0.109. The first-order valence-corrected chi connectivity index (χ1v) is 5.05. The Labute approximate surface area is 94.6 Å². The first-order chi connectivity index (χ1) is 6.82. The molecule has 0 radical (unpaired) electrons. The normalized spacial score (nSPS) is 11.2. The van der Waals surface area contributed by atoms with E-state index in [2.05, 4.69) is 5.32 Å². The van der Waals surface area contributed by atoms with Crippen LogP contribution in [0.1, 0.15) is 20.8 Å². The van der Waals surface area contributed by atoms with E-state index in [0.717, 1.165) is 0 Å². The summed E-state index contributed by atoms with van der Waals surface area (Å²) >= 11 is 5.93. The first kappa shape index (κ1) is 11.9. The van der Waals surface area contributed by atoms with Crippen molar-refractivity contribution in [2.45, 2.75) is 20.8 Å². The highest BCUT2D eigenvalue weighted by Crippen LogP contribution is 2.29. The molecule has 0 aliphatic carbocycles. The van der Waals surface area contributed by atoms with Crippen LogP contribution < -0.4 is 11.1 Å². The number of hydrogen-bond acceptors (Lipinski definition) is 2. The second-order valence-electron chi connectivity index (χ2n) is 4.41. The highest BCUT2D eigenvalue weighted by atomic mass is 35.5. The zero-order valence-corrected chi connectivity index (χ0v) is 9.85. The second kappa shape index (κ2) is 4.11. The van der Waals surface area contributed by atoms with Gasteiger partial charge in [0.2, 0.25) is 5.91 Å². The van der Waals surface area contributed by atoms with E-state index in [1.54, 1.807) is 18.2 Å². The van der Waals surface area contributed by atoms with Crippen molar-refractivity contribution in [1.82, 2.24) is 0 Å². The van der Waals surface area contributed by atoms with E-state index in [1.165, 1.54) is 0 Å². The molecule has 0 atom stereocenters. The highest BCUT2D eigenvalue weighted by molar-refractivity contribution is 6.34. The molecule has 4 heteroatoms. The fraction of sp³-hybridized carbons (Fsp3) is 0.364. The van der Waals surface area contributed by atoms with E-state index in [4.69, 9.17) is 17.3 Å². The summed E-state index contributed by atoms with van der Waals surface area (Å²) in [6, 6.07) is 5.13. The van der Waals surface area contributed by atoms with Crippen LogP contribution in [0.2, 0.25) is 5.02 Å². The Bertz CT molecular complexity index is 362. The Balaban J connectivity index is 2.95. The summed E-state index contributed by atoms with van der Waals surface area (Å²) in [4.78, 5) is 11.7. The molecule has 1 aromatic rings. The molecular formula is C11H15ClN2O. The molecule has 15 heavy (non-hydrogen) atoms. The van der Waals surface area contributed by atoms with E-state index in [1.807, 2.05) is 20.8 Å².